The number of nitrogens with zero attached hydrogens (tertiary/aromatic N) is 3. The van der Waals surface area contributed by atoms with Crippen molar-refractivity contribution in [2.24, 2.45) is 0 Å². The first-order valence-corrected chi connectivity index (χ1v) is 7.45. The molecule has 0 saturated carbocycles. The van der Waals surface area contributed by atoms with Crippen LogP contribution in [0.1, 0.15) is 12.6 Å². The van der Waals surface area contributed by atoms with Crippen LogP contribution in [0.25, 0.3) is 11.2 Å². The Morgan fingerprint density at radius 2 is 2.05 bits per heavy atom. The first-order chi connectivity index (χ1) is 10.2. The molecule has 0 aliphatic rings. The van der Waals surface area contributed by atoms with E-state index in [0.717, 1.165) is 29.2 Å². The molecule has 0 atom stereocenters. The summed E-state index contributed by atoms with van der Waals surface area (Å²) in [4.78, 5) is 3.24. The standard InChI is InChI=1S/C15H18N4OS/c1-3-19-14-13(11(2)17-19)16-15(21)18(14)9-10-20-12-7-5-4-6-8-12/h4-8H,3,9-10H2,1-2H3,(H,16,21). The van der Waals surface area contributed by atoms with E-state index in [1.54, 1.807) is 0 Å². The third-order valence-electron chi connectivity index (χ3n) is 3.46. The van der Waals surface area contributed by atoms with Crippen LogP contribution in [0.5, 0.6) is 5.75 Å². The second-order valence-corrected chi connectivity index (χ2v) is 5.23. The van der Waals surface area contributed by atoms with Crippen molar-refractivity contribution in [3.63, 3.8) is 0 Å². The number of aryl methyl sites for hydroxylation is 2. The number of ether oxygens (including phenoxy) is 1. The SMILES string of the molecule is CCn1nc(C)c2[nH]c(=S)n(CCOc3ccccc3)c21. The minimum Gasteiger partial charge on any atom is -0.492 e. The molecule has 1 aromatic carbocycles. The fraction of sp³-hybridized carbons (Fsp3) is 0.333. The van der Waals surface area contributed by atoms with Crippen molar-refractivity contribution in [3.8, 4) is 5.75 Å². The van der Waals surface area contributed by atoms with Crippen molar-refractivity contribution in [2.75, 3.05) is 6.61 Å². The van der Waals surface area contributed by atoms with Crippen LogP contribution in [0.2, 0.25) is 0 Å². The Morgan fingerprint density at radius 3 is 2.76 bits per heavy atom. The Kier molecular flexibility index (Phi) is 3.79. The molecule has 0 bridgehead atoms. The van der Waals surface area contributed by atoms with Gasteiger partial charge >= 0.3 is 0 Å². The molecule has 6 heteroatoms. The van der Waals surface area contributed by atoms with Gasteiger partial charge in [-0.25, -0.2) is 4.68 Å². The summed E-state index contributed by atoms with van der Waals surface area (Å²) in [6, 6.07) is 9.80. The van der Waals surface area contributed by atoms with E-state index in [2.05, 4.69) is 21.6 Å². The van der Waals surface area contributed by atoms with Gasteiger partial charge < -0.3 is 9.72 Å². The second kappa shape index (κ2) is 5.73. The van der Waals surface area contributed by atoms with Gasteiger partial charge in [0.05, 0.1) is 12.2 Å². The number of benzene rings is 1. The zero-order chi connectivity index (χ0) is 14.8. The average Bonchev–Trinajstić information content (AvgIpc) is 2.98. The Bertz CT molecular complexity index is 800. The molecule has 0 radical (unpaired) electrons. The lowest BCUT2D eigenvalue weighted by atomic mass is 10.3. The number of para-hydroxylation sites is 1. The minimum atomic E-state index is 0.569. The summed E-state index contributed by atoms with van der Waals surface area (Å²) in [5.41, 5.74) is 3.03. The van der Waals surface area contributed by atoms with E-state index < -0.39 is 0 Å². The van der Waals surface area contributed by atoms with Crippen LogP contribution in [-0.2, 0) is 13.1 Å². The van der Waals surface area contributed by atoms with Gasteiger partial charge in [-0.15, -0.1) is 0 Å². The number of hydrogen-bond donors (Lipinski definition) is 1. The molecule has 5 nitrogen and oxygen atoms in total. The van der Waals surface area contributed by atoms with Gasteiger partial charge in [0.25, 0.3) is 0 Å². The predicted molar refractivity (Wildman–Crippen MR) is 85.3 cm³/mol. The molecule has 2 aromatic heterocycles. The maximum absolute atomic E-state index is 5.75. The molecule has 0 saturated heterocycles. The number of fused-ring (bicyclic) bond motifs is 1. The smallest absolute Gasteiger partial charge is 0.179 e. The molecule has 0 aliphatic heterocycles. The van der Waals surface area contributed by atoms with E-state index >= 15 is 0 Å². The lowest BCUT2D eigenvalue weighted by molar-refractivity contribution is 0.298. The summed E-state index contributed by atoms with van der Waals surface area (Å²) in [5, 5.41) is 4.51. The number of aromatic amines is 1. The van der Waals surface area contributed by atoms with Crippen LogP contribution in [0, 0.1) is 11.7 Å². The Morgan fingerprint density at radius 1 is 1.29 bits per heavy atom. The molecule has 21 heavy (non-hydrogen) atoms. The van der Waals surface area contributed by atoms with Crippen LogP contribution in [0.3, 0.4) is 0 Å². The van der Waals surface area contributed by atoms with Crippen molar-refractivity contribution in [2.45, 2.75) is 26.9 Å². The van der Waals surface area contributed by atoms with Crippen LogP contribution < -0.4 is 4.74 Å². The molecule has 0 unspecified atom stereocenters. The molecule has 3 aromatic rings. The van der Waals surface area contributed by atoms with Crippen LogP contribution >= 0.6 is 12.2 Å². The number of rotatable bonds is 5. The van der Waals surface area contributed by atoms with E-state index in [1.165, 1.54) is 0 Å². The highest BCUT2D eigenvalue weighted by Gasteiger charge is 2.13. The summed E-state index contributed by atoms with van der Waals surface area (Å²) < 4.78 is 10.5. The van der Waals surface area contributed by atoms with E-state index in [0.29, 0.717) is 17.9 Å². The van der Waals surface area contributed by atoms with Crippen molar-refractivity contribution in [1.29, 1.82) is 0 Å². The molecular formula is C15H18N4OS. The average molecular weight is 302 g/mol. The van der Waals surface area contributed by atoms with Crippen LogP contribution in [0.15, 0.2) is 30.3 Å². The summed E-state index contributed by atoms with van der Waals surface area (Å²) in [7, 11) is 0. The number of nitrogens with one attached hydrogen (secondary N) is 1. The summed E-state index contributed by atoms with van der Waals surface area (Å²) in [5.74, 6) is 0.871. The normalized spacial score (nSPS) is 11.1. The lowest BCUT2D eigenvalue weighted by Gasteiger charge is -2.08. The van der Waals surface area contributed by atoms with Gasteiger partial charge in [0.15, 0.2) is 10.4 Å². The van der Waals surface area contributed by atoms with Gasteiger partial charge in [0, 0.05) is 6.54 Å². The number of aromatic nitrogens is 4. The van der Waals surface area contributed by atoms with E-state index in [1.807, 2.05) is 41.9 Å². The molecule has 3 rings (SSSR count). The van der Waals surface area contributed by atoms with E-state index in [-0.39, 0.29) is 0 Å². The highest BCUT2D eigenvalue weighted by atomic mass is 32.1. The highest BCUT2D eigenvalue weighted by molar-refractivity contribution is 7.71. The van der Waals surface area contributed by atoms with Crippen LogP contribution in [0.4, 0.5) is 0 Å². The minimum absolute atomic E-state index is 0.569. The Labute approximate surface area is 128 Å². The van der Waals surface area contributed by atoms with Crippen molar-refractivity contribution >= 4 is 23.4 Å². The molecule has 1 N–H and O–H groups in total. The molecule has 0 spiro atoms. The molecule has 0 fully saturated rings. The third-order valence-corrected chi connectivity index (χ3v) is 3.78. The zero-order valence-corrected chi connectivity index (χ0v) is 13.0. The van der Waals surface area contributed by atoms with Gasteiger partial charge in [-0.05, 0) is 38.2 Å². The third kappa shape index (κ3) is 2.58. The summed E-state index contributed by atoms with van der Waals surface area (Å²) in [6.07, 6.45) is 0. The molecule has 0 amide bonds. The van der Waals surface area contributed by atoms with Crippen molar-refractivity contribution in [3.05, 3.63) is 40.8 Å². The van der Waals surface area contributed by atoms with Gasteiger partial charge in [-0.3, -0.25) is 4.57 Å². The molecular weight excluding hydrogens is 284 g/mol. The maximum Gasteiger partial charge on any atom is 0.179 e. The second-order valence-electron chi connectivity index (χ2n) is 4.84. The lowest BCUT2D eigenvalue weighted by Crippen LogP contribution is -2.11. The van der Waals surface area contributed by atoms with Crippen molar-refractivity contribution < 1.29 is 4.74 Å². The number of hydrogen-bond acceptors (Lipinski definition) is 3. The molecule has 110 valence electrons. The quantitative estimate of drug-likeness (QED) is 0.736. The first kappa shape index (κ1) is 13.9. The van der Waals surface area contributed by atoms with Gasteiger partial charge in [0.1, 0.15) is 17.9 Å². The fourth-order valence-electron chi connectivity index (χ4n) is 2.46. The topological polar surface area (TPSA) is 47.8 Å². The summed E-state index contributed by atoms with van der Waals surface area (Å²) >= 11 is 5.41. The fourth-order valence-corrected chi connectivity index (χ4v) is 2.74. The van der Waals surface area contributed by atoms with Gasteiger partial charge in [-0.2, -0.15) is 5.10 Å². The van der Waals surface area contributed by atoms with E-state index in [4.69, 9.17) is 17.0 Å². The van der Waals surface area contributed by atoms with Gasteiger partial charge in [-0.1, -0.05) is 18.2 Å². The Balaban J connectivity index is 1.83. The largest absolute Gasteiger partial charge is 0.492 e. The van der Waals surface area contributed by atoms with Crippen LogP contribution in [-0.4, -0.2) is 25.9 Å². The van der Waals surface area contributed by atoms with Gasteiger partial charge in [0.2, 0.25) is 0 Å². The monoisotopic (exact) mass is 302 g/mol. The highest BCUT2D eigenvalue weighted by Crippen LogP contribution is 2.18. The van der Waals surface area contributed by atoms with Crippen molar-refractivity contribution in [1.82, 2.24) is 19.3 Å². The maximum atomic E-state index is 5.75. The predicted octanol–water partition coefficient (Wildman–Crippen LogP) is 3.30. The number of imidazole rings is 1. The first-order valence-electron chi connectivity index (χ1n) is 7.04. The zero-order valence-electron chi connectivity index (χ0n) is 12.2. The number of H-pyrrole nitrogens is 1. The molecule has 0 aliphatic carbocycles. The molecule has 2 heterocycles. The van der Waals surface area contributed by atoms with E-state index in [9.17, 15) is 0 Å². The Hall–Kier alpha value is -2.08. The summed E-state index contributed by atoms with van der Waals surface area (Å²) in [6.45, 7) is 6.14.